The second-order valence-corrected chi connectivity index (χ2v) is 6.16. The van der Waals surface area contributed by atoms with Gasteiger partial charge in [-0.05, 0) is 58.7 Å². The van der Waals surface area contributed by atoms with Crippen LogP contribution in [0.25, 0.3) is 0 Å². The smallest absolute Gasteiger partial charge is 0.234 e. The Hall–Kier alpha value is -0.650. The van der Waals surface area contributed by atoms with E-state index < -0.39 is 0 Å². The van der Waals surface area contributed by atoms with Crippen molar-refractivity contribution in [3.8, 4) is 0 Å². The number of nitrogens with one attached hydrogen (secondary N) is 2. The van der Waals surface area contributed by atoms with E-state index in [9.17, 15) is 4.79 Å². The Balaban J connectivity index is 2.12. The molecule has 0 aromatic carbocycles. The monoisotopic (exact) mass is 299 g/mol. The highest BCUT2D eigenvalue weighted by molar-refractivity contribution is 5.77. The van der Waals surface area contributed by atoms with Crippen LogP contribution in [0, 0.1) is 5.92 Å². The maximum Gasteiger partial charge on any atom is 0.234 e. The van der Waals surface area contributed by atoms with Crippen LogP contribution in [0.5, 0.6) is 0 Å². The molecule has 124 valence electrons. The molecule has 1 heterocycles. The third kappa shape index (κ3) is 9.06. The number of likely N-dealkylation sites (N-methyl/N-ethyl adjacent to an activating group) is 1. The van der Waals surface area contributed by atoms with Crippen LogP contribution in [0.15, 0.2) is 0 Å². The van der Waals surface area contributed by atoms with Gasteiger partial charge in [0.05, 0.1) is 12.6 Å². The predicted octanol–water partition coefficient (Wildman–Crippen LogP) is 1.24. The molecule has 1 aliphatic heterocycles. The van der Waals surface area contributed by atoms with Crippen LogP contribution in [-0.4, -0.2) is 62.8 Å². The molecule has 1 amide bonds. The summed E-state index contributed by atoms with van der Waals surface area (Å²) in [4.78, 5) is 14.2. The molecule has 5 nitrogen and oxygen atoms in total. The Morgan fingerprint density at radius 2 is 2.29 bits per heavy atom. The van der Waals surface area contributed by atoms with E-state index in [-0.39, 0.29) is 12.0 Å². The number of rotatable bonds is 10. The molecule has 1 aliphatic rings. The van der Waals surface area contributed by atoms with Gasteiger partial charge in [0.15, 0.2) is 0 Å². The van der Waals surface area contributed by atoms with E-state index in [0.717, 1.165) is 32.6 Å². The van der Waals surface area contributed by atoms with Gasteiger partial charge in [-0.1, -0.05) is 6.92 Å². The van der Waals surface area contributed by atoms with Crippen LogP contribution in [0.4, 0.5) is 0 Å². The van der Waals surface area contributed by atoms with Crippen molar-refractivity contribution in [3.05, 3.63) is 0 Å². The normalized spacial score (nSPS) is 19.2. The number of nitrogens with zero attached hydrogens (tertiary/aromatic N) is 1. The molecule has 0 radical (unpaired) electrons. The van der Waals surface area contributed by atoms with E-state index >= 15 is 0 Å². The zero-order valence-corrected chi connectivity index (χ0v) is 14.0. The van der Waals surface area contributed by atoms with E-state index in [1.807, 2.05) is 13.8 Å². The highest BCUT2D eigenvalue weighted by atomic mass is 16.5. The molecule has 0 aromatic rings. The third-order valence-electron chi connectivity index (χ3n) is 3.82. The summed E-state index contributed by atoms with van der Waals surface area (Å²) in [5, 5.41) is 6.42. The summed E-state index contributed by atoms with van der Waals surface area (Å²) in [6.45, 7) is 12.3. The van der Waals surface area contributed by atoms with Gasteiger partial charge in [0.25, 0.3) is 0 Å². The number of carbonyl (C=O) groups is 1. The van der Waals surface area contributed by atoms with Gasteiger partial charge in [0, 0.05) is 19.7 Å². The zero-order chi connectivity index (χ0) is 15.5. The Morgan fingerprint density at radius 3 is 2.90 bits per heavy atom. The summed E-state index contributed by atoms with van der Waals surface area (Å²) in [6, 6.07) is 0. The summed E-state index contributed by atoms with van der Waals surface area (Å²) in [7, 11) is 0. The Kier molecular flexibility index (Phi) is 9.63. The average molecular weight is 299 g/mol. The molecule has 1 unspecified atom stereocenters. The summed E-state index contributed by atoms with van der Waals surface area (Å²) in [5.41, 5.74) is 0. The van der Waals surface area contributed by atoms with E-state index in [2.05, 4.69) is 22.5 Å². The van der Waals surface area contributed by atoms with Gasteiger partial charge in [0.2, 0.25) is 5.91 Å². The molecular formula is C16H33N3O2. The minimum Gasteiger partial charge on any atom is -0.379 e. The quantitative estimate of drug-likeness (QED) is 0.596. The number of piperidine rings is 1. The summed E-state index contributed by atoms with van der Waals surface area (Å²) in [6.07, 6.45) is 3.67. The number of hydrogen-bond acceptors (Lipinski definition) is 4. The lowest BCUT2D eigenvalue weighted by molar-refractivity contribution is -0.122. The molecule has 1 fully saturated rings. The highest BCUT2D eigenvalue weighted by Gasteiger charge is 2.17. The lowest BCUT2D eigenvalue weighted by Gasteiger charge is -2.29. The van der Waals surface area contributed by atoms with E-state index in [0.29, 0.717) is 25.6 Å². The van der Waals surface area contributed by atoms with Crippen molar-refractivity contribution in [2.45, 2.75) is 46.1 Å². The highest BCUT2D eigenvalue weighted by Crippen LogP contribution is 2.11. The largest absolute Gasteiger partial charge is 0.379 e. The molecule has 1 saturated heterocycles. The first kappa shape index (κ1) is 18.4. The second-order valence-electron chi connectivity index (χ2n) is 6.16. The number of ether oxygens (including phenoxy) is 1. The molecule has 2 N–H and O–H groups in total. The van der Waals surface area contributed by atoms with Crippen LogP contribution < -0.4 is 10.6 Å². The van der Waals surface area contributed by atoms with E-state index in [1.54, 1.807) is 0 Å². The van der Waals surface area contributed by atoms with Gasteiger partial charge in [-0.2, -0.15) is 0 Å². The van der Waals surface area contributed by atoms with Gasteiger partial charge in [0.1, 0.15) is 0 Å². The fourth-order valence-corrected chi connectivity index (χ4v) is 2.63. The van der Waals surface area contributed by atoms with Crippen molar-refractivity contribution >= 4 is 5.91 Å². The molecule has 21 heavy (non-hydrogen) atoms. The van der Waals surface area contributed by atoms with Crippen LogP contribution in [0.2, 0.25) is 0 Å². The SMILES string of the molecule is CCN(CC(=O)NCCCOC(C)C)CC1CCCNC1. The van der Waals surface area contributed by atoms with Crippen molar-refractivity contribution in [2.24, 2.45) is 5.92 Å². The molecule has 0 saturated carbocycles. The second kappa shape index (κ2) is 11.0. The minimum absolute atomic E-state index is 0.130. The van der Waals surface area contributed by atoms with Gasteiger partial charge in [-0.25, -0.2) is 0 Å². The molecule has 5 heteroatoms. The number of hydrogen-bond donors (Lipinski definition) is 2. The van der Waals surface area contributed by atoms with Gasteiger partial charge < -0.3 is 15.4 Å². The van der Waals surface area contributed by atoms with Gasteiger partial charge >= 0.3 is 0 Å². The van der Waals surface area contributed by atoms with Gasteiger partial charge in [-0.3, -0.25) is 9.69 Å². The van der Waals surface area contributed by atoms with Crippen LogP contribution in [0.1, 0.15) is 40.0 Å². The number of amides is 1. The fraction of sp³-hybridized carbons (Fsp3) is 0.938. The van der Waals surface area contributed by atoms with E-state index in [1.165, 1.54) is 12.8 Å². The lowest BCUT2D eigenvalue weighted by atomic mass is 9.99. The standard InChI is InChI=1S/C16H33N3O2/c1-4-19(12-15-7-5-8-17-11-15)13-16(20)18-9-6-10-21-14(2)3/h14-15,17H,4-13H2,1-3H3,(H,18,20). The zero-order valence-electron chi connectivity index (χ0n) is 14.0. The first-order valence-electron chi connectivity index (χ1n) is 8.43. The summed E-state index contributed by atoms with van der Waals surface area (Å²) >= 11 is 0. The maximum absolute atomic E-state index is 11.9. The van der Waals surface area contributed by atoms with Crippen molar-refractivity contribution < 1.29 is 9.53 Å². The molecule has 1 atom stereocenters. The van der Waals surface area contributed by atoms with Gasteiger partial charge in [-0.15, -0.1) is 0 Å². The third-order valence-corrected chi connectivity index (χ3v) is 3.82. The minimum atomic E-state index is 0.130. The average Bonchev–Trinajstić information content (AvgIpc) is 2.47. The Labute approximate surface area is 129 Å². The van der Waals surface area contributed by atoms with Crippen molar-refractivity contribution in [3.63, 3.8) is 0 Å². The molecule has 1 rings (SSSR count). The fourth-order valence-electron chi connectivity index (χ4n) is 2.63. The number of carbonyl (C=O) groups excluding carboxylic acids is 1. The molecule has 0 spiro atoms. The maximum atomic E-state index is 11.9. The van der Waals surface area contributed by atoms with Crippen molar-refractivity contribution in [1.82, 2.24) is 15.5 Å². The first-order chi connectivity index (χ1) is 10.1. The molecule has 0 bridgehead atoms. The van der Waals surface area contributed by atoms with Crippen LogP contribution in [0.3, 0.4) is 0 Å². The van der Waals surface area contributed by atoms with Crippen LogP contribution >= 0.6 is 0 Å². The van der Waals surface area contributed by atoms with Crippen LogP contribution in [-0.2, 0) is 9.53 Å². The Morgan fingerprint density at radius 1 is 1.48 bits per heavy atom. The predicted molar refractivity (Wildman–Crippen MR) is 86.4 cm³/mol. The van der Waals surface area contributed by atoms with E-state index in [4.69, 9.17) is 4.74 Å². The molecular weight excluding hydrogens is 266 g/mol. The lowest BCUT2D eigenvalue weighted by Crippen LogP contribution is -2.43. The van der Waals surface area contributed by atoms with Crippen molar-refractivity contribution in [1.29, 1.82) is 0 Å². The topological polar surface area (TPSA) is 53.6 Å². The van der Waals surface area contributed by atoms with Crippen molar-refractivity contribution in [2.75, 3.05) is 45.9 Å². The summed E-state index contributed by atoms with van der Waals surface area (Å²) < 4.78 is 5.46. The Bertz CT molecular complexity index is 279. The molecule has 0 aromatic heterocycles. The molecule has 0 aliphatic carbocycles. The summed E-state index contributed by atoms with van der Waals surface area (Å²) in [5.74, 6) is 0.816. The first-order valence-corrected chi connectivity index (χ1v) is 8.43.